The second-order valence-corrected chi connectivity index (χ2v) is 7.93. The molecule has 2 aliphatic rings. The van der Waals surface area contributed by atoms with Gasteiger partial charge in [-0.1, -0.05) is 19.1 Å². The molecule has 0 spiro atoms. The van der Waals surface area contributed by atoms with E-state index in [1.165, 1.54) is 6.07 Å². The van der Waals surface area contributed by atoms with Gasteiger partial charge >= 0.3 is 0 Å². The molecule has 8 nitrogen and oxygen atoms in total. The molecule has 0 N–H and O–H groups in total. The maximum absolute atomic E-state index is 13.3. The smallest absolute Gasteiger partial charge is 0.275 e. The van der Waals surface area contributed by atoms with Crippen LogP contribution in [0.15, 0.2) is 34.9 Å². The predicted octanol–water partition coefficient (Wildman–Crippen LogP) is 1.17. The van der Waals surface area contributed by atoms with Gasteiger partial charge in [0.1, 0.15) is 6.07 Å². The minimum absolute atomic E-state index is 0.0345. The van der Waals surface area contributed by atoms with Crippen molar-refractivity contribution in [1.29, 1.82) is 5.26 Å². The minimum atomic E-state index is -3.90. The molecule has 2 heterocycles. The van der Waals surface area contributed by atoms with Crippen molar-refractivity contribution in [1.82, 2.24) is 9.21 Å². The average molecular weight is 391 g/mol. The largest absolute Gasteiger partial charge is 0.476 e. The molecule has 144 valence electrons. The summed E-state index contributed by atoms with van der Waals surface area (Å²) in [5.74, 6) is -0.301. The van der Waals surface area contributed by atoms with Crippen molar-refractivity contribution in [3.63, 3.8) is 0 Å². The molecule has 1 aromatic carbocycles. The molecular formula is C18H21N3O5S. The highest BCUT2D eigenvalue weighted by atomic mass is 32.2. The number of hydrogen-bond acceptors (Lipinski definition) is 6. The van der Waals surface area contributed by atoms with E-state index in [0.29, 0.717) is 38.3 Å². The zero-order chi connectivity index (χ0) is 19.4. The number of hydrogen-bond donors (Lipinski definition) is 0. The number of ether oxygens (including phenoxy) is 2. The lowest BCUT2D eigenvalue weighted by Crippen LogP contribution is -2.47. The van der Waals surface area contributed by atoms with Gasteiger partial charge in [-0.15, -0.1) is 0 Å². The van der Waals surface area contributed by atoms with Crippen molar-refractivity contribution >= 4 is 21.7 Å². The molecule has 9 heteroatoms. The van der Waals surface area contributed by atoms with Crippen molar-refractivity contribution in [3.8, 4) is 6.07 Å². The lowest BCUT2D eigenvalue weighted by molar-refractivity contribution is -0.132. The summed E-state index contributed by atoms with van der Waals surface area (Å²) in [5, 5.41) is 8.95. The lowest BCUT2D eigenvalue weighted by atomic mass is 10.1. The van der Waals surface area contributed by atoms with Gasteiger partial charge in [-0.05, 0) is 18.6 Å². The molecule has 0 atom stereocenters. The van der Waals surface area contributed by atoms with E-state index in [0.717, 1.165) is 4.31 Å². The third kappa shape index (κ3) is 3.50. The maximum atomic E-state index is 13.3. The standard InChI is InChI=1S/C18H21N3O5S/c1-2-8-21-16(18(22)20-9-12-25-13-10-20)17(26-11-7-19)14-5-3-4-6-15(14)27(21,23)24/h3-6H,2,8-13H2,1H3. The van der Waals surface area contributed by atoms with E-state index >= 15 is 0 Å². The molecule has 1 saturated heterocycles. The fraction of sp³-hybridized carbons (Fsp3) is 0.444. The monoisotopic (exact) mass is 391 g/mol. The summed E-state index contributed by atoms with van der Waals surface area (Å²) in [4.78, 5) is 14.9. The Morgan fingerprint density at radius 3 is 2.67 bits per heavy atom. The highest BCUT2D eigenvalue weighted by Gasteiger charge is 2.42. The van der Waals surface area contributed by atoms with Crippen molar-refractivity contribution < 1.29 is 22.7 Å². The SMILES string of the molecule is CCCN1C(C(=O)N2CCOCC2)=C(OCC#N)c2ccccc2S1(=O)=O. The summed E-state index contributed by atoms with van der Waals surface area (Å²) in [6.45, 7) is 3.22. The third-order valence-electron chi connectivity index (χ3n) is 4.37. The number of sulfonamides is 1. The van der Waals surface area contributed by atoms with Crippen LogP contribution in [-0.2, 0) is 24.3 Å². The first kappa shape index (κ1) is 19.2. The summed E-state index contributed by atoms with van der Waals surface area (Å²) in [5.41, 5.74) is 0.268. The Bertz CT molecular complexity index is 898. The molecule has 0 bridgehead atoms. The average Bonchev–Trinajstić information content (AvgIpc) is 2.69. The van der Waals surface area contributed by atoms with Crippen LogP contribution in [0.25, 0.3) is 5.76 Å². The van der Waals surface area contributed by atoms with Crippen LogP contribution in [0.4, 0.5) is 0 Å². The zero-order valence-electron chi connectivity index (χ0n) is 15.1. The van der Waals surface area contributed by atoms with Crippen LogP contribution in [0.5, 0.6) is 0 Å². The van der Waals surface area contributed by atoms with Crippen LogP contribution in [0, 0.1) is 11.3 Å². The summed E-state index contributed by atoms with van der Waals surface area (Å²) in [6.07, 6.45) is 0.521. The molecule has 3 rings (SSSR count). The van der Waals surface area contributed by atoms with Gasteiger partial charge in [0.25, 0.3) is 15.9 Å². The van der Waals surface area contributed by atoms with Gasteiger partial charge in [-0.25, -0.2) is 8.42 Å². The van der Waals surface area contributed by atoms with Gasteiger partial charge in [0.2, 0.25) is 0 Å². The lowest BCUT2D eigenvalue weighted by Gasteiger charge is -2.36. The van der Waals surface area contributed by atoms with E-state index in [2.05, 4.69) is 0 Å². The molecule has 0 aliphatic carbocycles. The van der Waals surface area contributed by atoms with Crippen LogP contribution in [0.2, 0.25) is 0 Å². The first-order valence-electron chi connectivity index (χ1n) is 8.75. The van der Waals surface area contributed by atoms with Crippen molar-refractivity contribution in [2.24, 2.45) is 0 Å². The van der Waals surface area contributed by atoms with E-state index in [4.69, 9.17) is 14.7 Å². The molecule has 1 amide bonds. The van der Waals surface area contributed by atoms with E-state index in [9.17, 15) is 13.2 Å². The van der Waals surface area contributed by atoms with E-state index in [1.807, 2.05) is 13.0 Å². The Hall–Kier alpha value is -2.57. The predicted molar refractivity (Wildman–Crippen MR) is 96.5 cm³/mol. The van der Waals surface area contributed by atoms with Crippen LogP contribution in [0.3, 0.4) is 0 Å². The highest BCUT2D eigenvalue weighted by molar-refractivity contribution is 7.89. The van der Waals surface area contributed by atoms with Gasteiger partial charge in [0, 0.05) is 25.2 Å². The molecule has 0 saturated carbocycles. The Kier molecular flexibility index (Phi) is 5.68. The summed E-state index contributed by atoms with van der Waals surface area (Å²) in [7, 11) is -3.90. The summed E-state index contributed by atoms with van der Waals surface area (Å²) in [6, 6.07) is 8.26. The van der Waals surface area contributed by atoms with Crippen LogP contribution < -0.4 is 0 Å². The molecule has 27 heavy (non-hydrogen) atoms. The molecular weight excluding hydrogens is 370 g/mol. The molecule has 1 fully saturated rings. The second kappa shape index (κ2) is 7.98. The number of benzene rings is 1. The van der Waals surface area contributed by atoms with Crippen LogP contribution in [0.1, 0.15) is 18.9 Å². The van der Waals surface area contributed by atoms with E-state index in [1.54, 1.807) is 23.1 Å². The normalized spacial score (nSPS) is 18.7. The minimum Gasteiger partial charge on any atom is -0.476 e. The number of nitrogens with zero attached hydrogens (tertiary/aromatic N) is 3. The van der Waals surface area contributed by atoms with E-state index in [-0.39, 0.29) is 29.5 Å². The first-order valence-corrected chi connectivity index (χ1v) is 10.2. The summed E-state index contributed by atoms with van der Waals surface area (Å²) >= 11 is 0. The third-order valence-corrected chi connectivity index (χ3v) is 6.23. The molecule has 0 radical (unpaired) electrons. The number of fused-ring (bicyclic) bond motifs is 1. The highest BCUT2D eigenvalue weighted by Crippen LogP contribution is 2.38. The fourth-order valence-electron chi connectivity index (χ4n) is 3.16. The zero-order valence-corrected chi connectivity index (χ0v) is 15.9. The topological polar surface area (TPSA) is 99.9 Å². The first-order chi connectivity index (χ1) is 13.0. The second-order valence-electron chi connectivity index (χ2n) is 6.10. The Morgan fingerprint density at radius 2 is 2.00 bits per heavy atom. The number of morpholine rings is 1. The van der Waals surface area contributed by atoms with Gasteiger partial charge in [0.15, 0.2) is 18.1 Å². The van der Waals surface area contributed by atoms with Crippen molar-refractivity contribution in [2.75, 3.05) is 39.5 Å². The fourth-order valence-corrected chi connectivity index (χ4v) is 4.92. The molecule has 2 aliphatic heterocycles. The van der Waals surface area contributed by atoms with Gasteiger partial charge in [0.05, 0.1) is 18.1 Å². The van der Waals surface area contributed by atoms with Crippen LogP contribution in [-0.4, -0.2) is 63.0 Å². The van der Waals surface area contributed by atoms with Crippen molar-refractivity contribution in [3.05, 3.63) is 35.5 Å². The number of nitriles is 1. The Morgan fingerprint density at radius 1 is 1.30 bits per heavy atom. The number of carbonyl (C=O) groups is 1. The number of amides is 1. The Balaban J connectivity index is 2.20. The molecule has 0 unspecified atom stereocenters. The number of rotatable bonds is 5. The quantitative estimate of drug-likeness (QED) is 0.747. The van der Waals surface area contributed by atoms with Gasteiger partial charge in [-0.2, -0.15) is 5.26 Å². The maximum Gasteiger partial charge on any atom is 0.275 e. The molecule has 0 aromatic heterocycles. The Labute approximate surface area is 158 Å². The number of carbonyl (C=O) groups excluding carboxylic acids is 1. The summed E-state index contributed by atoms with van der Waals surface area (Å²) < 4.78 is 38.4. The van der Waals surface area contributed by atoms with E-state index < -0.39 is 15.9 Å². The van der Waals surface area contributed by atoms with Crippen LogP contribution >= 0.6 is 0 Å². The molecule has 1 aromatic rings. The van der Waals surface area contributed by atoms with Gasteiger partial charge < -0.3 is 14.4 Å². The van der Waals surface area contributed by atoms with Crippen molar-refractivity contribution in [2.45, 2.75) is 18.2 Å². The van der Waals surface area contributed by atoms with Gasteiger partial charge in [-0.3, -0.25) is 9.10 Å².